The topological polar surface area (TPSA) is 0 Å². The minimum Gasteiger partial charge on any atom is -0.130 e. The van der Waals surface area contributed by atoms with Crippen molar-refractivity contribution < 1.29 is 0 Å². The summed E-state index contributed by atoms with van der Waals surface area (Å²) in [7, 11) is 0. The van der Waals surface area contributed by atoms with Crippen LogP contribution in [0.25, 0.3) is 0 Å². The summed E-state index contributed by atoms with van der Waals surface area (Å²) in [5.41, 5.74) is 0. The first-order valence-electron chi connectivity index (χ1n) is 1.54. The largest absolute Gasteiger partial charge is 0.130 e. The third kappa shape index (κ3) is 0.690. The molecular formula is C4H5S. The third-order valence-electron chi connectivity index (χ3n) is 0.556. The van der Waals surface area contributed by atoms with Crippen LogP contribution in [0.4, 0.5) is 0 Å². The molecule has 0 atom stereocenters. The number of rotatable bonds is 1. The fourth-order valence-electron chi connectivity index (χ4n) is 0.160. The quantitative estimate of drug-likeness (QED) is 0.468. The summed E-state index contributed by atoms with van der Waals surface area (Å²) >= 11 is 1.60. The van der Waals surface area contributed by atoms with Crippen LogP contribution in [0.15, 0.2) is 11.0 Å². The van der Waals surface area contributed by atoms with Gasteiger partial charge in [-0.1, -0.05) is 6.08 Å². The van der Waals surface area contributed by atoms with Crippen molar-refractivity contribution in [2.24, 2.45) is 0 Å². The maximum atomic E-state index is 3.60. The minimum absolute atomic E-state index is 1.20. The predicted molar refractivity (Wildman–Crippen MR) is 25.6 cm³/mol. The van der Waals surface area contributed by atoms with Crippen LogP contribution in [-0.2, 0) is 0 Å². The van der Waals surface area contributed by atoms with Crippen molar-refractivity contribution in [2.45, 2.75) is 6.42 Å². The van der Waals surface area contributed by atoms with Gasteiger partial charge < -0.3 is 0 Å². The van der Waals surface area contributed by atoms with Gasteiger partial charge in [0.15, 0.2) is 0 Å². The normalized spacial score (nSPS) is 18.2. The van der Waals surface area contributed by atoms with E-state index in [0.717, 1.165) is 0 Å². The fourth-order valence-corrected chi connectivity index (χ4v) is 0.479. The lowest BCUT2D eigenvalue weighted by Crippen LogP contribution is -1.32. The molecular weight excluding hydrogens is 80.1 g/mol. The zero-order chi connectivity index (χ0) is 3.70. The van der Waals surface area contributed by atoms with Crippen LogP contribution < -0.4 is 0 Å². The number of hydrogen-bond acceptors (Lipinski definition) is 1. The second-order valence-electron chi connectivity index (χ2n) is 1.02. The Labute approximate surface area is 36.3 Å². The van der Waals surface area contributed by atoms with Crippen molar-refractivity contribution in [3.8, 4) is 0 Å². The van der Waals surface area contributed by atoms with Gasteiger partial charge >= 0.3 is 0 Å². The third-order valence-corrected chi connectivity index (χ3v) is 1.26. The van der Waals surface area contributed by atoms with Gasteiger partial charge in [-0.05, 0) is 11.3 Å². The van der Waals surface area contributed by atoms with Crippen molar-refractivity contribution >= 4 is 11.8 Å². The lowest BCUT2D eigenvalue weighted by Gasteiger charge is -1.67. The molecule has 0 aromatic carbocycles. The molecule has 0 unspecified atom stereocenters. The summed E-state index contributed by atoms with van der Waals surface area (Å²) in [5.74, 6) is 0. The van der Waals surface area contributed by atoms with E-state index in [2.05, 4.69) is 12.3 Å². The van der Waals surface area contributed by atoms with E-state index in [1.807, 2.05) is 0 Å². The molecule has 1 heteroatoms. The van der Waals surface area contributed by atoms with E-state index in [-0.39, 0.29) is 0 Å². The van der Waals surface area contributed by atoms with Gasteiger partial charge in [-0.15, -0.1) is 11.8 Å². The van der Waals surface area contributed by atoms with E-state index >= 15 is 0 Å². The molecule has 0 aliphatic heterocycles. The van der Waals surface area contributed by atoms with E-state index in [1.54, 1.807) is 11.8 Å². The molecule has 1 aliphatic carbocycles. The van der Waals surface area contributed by atoms with Crippen LogP contribution in [0, 0.1) is 6.26 Å². The Balaban J connectivity index is 2.22. The van der Waals surface area contributed by atoms with Gasteiger partial charge in [0, 0.05) is 6.26 Å². The highest BCUT2D eigenvalue weighted by Gasteiger charge is 2.01. The molecule has 0 fully saturated rings. The zero-order valence-corrected chi connectivity index (χ0v) is 3.72. The highest BCUT2D eigenvalue weighted by atomic mass is 32.2. The van der Waals surface area contributed by atoms with Crippen LogP contribution in [-0.4, -0.2) is 0 Å². The minimum atomic E-state index is 1.20. The van der Waals surface area contributed by atoms with Gasteiger partial charge in [0.2, 0.25) is 0 Å². The van der Waals surface area contributed by atoms with Crippen molar-refractivity contribution in [2.75, 3.05) is 0 Å². The van der Waals surface area contributed by atoms with E-state index in [1.165, 1.54) is 11.3 Å². The Hall–Kier alpha value is 0.0900. The molecule has 5 heavy (non-hydrogen) atoms. The fraction of sp³-hybridized carbons (Fsp3) is 0.250. The molecule has 1 radical (unpaired) electrons. The lowest BCUT2D eigenvalue weighted by molar-refractivity contribution is 1.68. The molecule has 0 nitrogen and oxygen atoms in total. The highest BCUT2D eigenvalue weighted by Crippen LogP contribution is 2.29. The van der Waals surface area contributed by atoms with E-state index in [9.17, 15) is 0 Å². The molecule has 0 N–H and O–H groups in total. The maximum absolute atomic E-state index is 3.60. The zero-order valence-electron chi connectivity index (χ0n) is 2.90. The number of allylic oxidation sites excluding steroid dienone is 2. The molecule has 0 aromatic heterocycles. The molecule has 0 bridgehead atoms. The smallest absolute Gasteiger partial charge is 0.00712 e. The predicted octanol–water partition coefficient (Wildman–Crippen LogP) is 1.80. The summed E-state index contributed by atoms with van der Waals surface area (Å²) in [6, 6.07) is 0. The highest BCUT2D eigenvalue weighted by molar-refractivity contribution is 8.04. The SMILES string of the molecule is [CH2]SC1=CC1. The first kappa shape index (κ1) is 3.29. The number of thioether (sulfide) groups is 1. The molecule has 27 valence electrons. The standard InChI is InChI=1S/C4H5S/c1-5-4-2-3-4/h2H,1,3H2. The molecule has 1 aliphatic rings. The van der Waals surface area contributed by atoms with Gasteiger partial charge in [-0.3, -0.25) is 0 Å². The van der Waals surface area contributed by atoms with Crippen molar-refractivity contribution in [3.63, 3.8) is 0 Å². The van der Waals surface area contributed by atoms with Crippen LogP contribution in [0.2, 0.25) is 0 Å². The Kier molecular flexibility index (Phi) is 0.692. The summed E-state index contributed by atoms with van der Waals surface area (Å²) in [6.07, 6.45) is 6.96. The van der Waals surface area contributed by atoms with E-state index in [0.29, 0.717) is 0 Å². The van der Waals surface area contributed by atoms with Crippen LogP contribution in [0.5, 0.6) is 0 Å². The Morgan fingerprint density at radius 1 is 2.00 bits per heavy atom. The molecule has 0 saturated heterocycles. The van der Waals surface area contributed by atoms with Crippen LogP contribution in [0.3, 0.4) is 0 Å². The average molecular weight is 85.2 g/mol. The van der Waals surface area contributed by atoms with Gasteiger partial charge in [0.1, 0.15) is 0 Å². The monoisotopic (exact) mass is 85.0 g/mol. The summed E-state index contributed by atoms with van der Waals surface area (Å²) in [5, 5.41) is 0. The van der Waals surface area contributed by atoms with Crippen molar-refractivity contribution in [1.82, 2.24) is 0 Å². The second kappa shape index (κ2) is 1.05. The molecule has 0 heterocycles. The molecule has 1 rings (SSSR count). The molecule has 0 spiro atoms. The Bertz CT molecular complexity index is 64.0. The van der Waals surface area contributed by atoms with Gasteiger partial charge in [-0.25, -0.2) is 0 Å². The molecule has 0 aromatic rings. The maximum Gasteiger partial charge on any atom is 0.00712 e. The Morgan fingerprint density at radius 3 is 2.60 bits per heavy atom. The number of hydrogen-bond donors (Lipinski definition) is 0. The first-order valence-corrected chi connectivity index (χ1v) is 2.53. The van der Waals surface area contributed by atoms with Gasteiger partial charge in [0.25, 0.3) is 0 Å². The first-order chi connectivity index (χ1) is 2.43. The van der Waals surface area contributed by atoms with Crippen LogP contribution in [0.1, 0.15) is 6.42 Å². The Morgan fingerprint density at radius 2 is 2.60 bits per heavy atom. The van der Waals surface area contributed by atoms with Gasteiger partial charge in [-0.2, -0.15) is 0 Å². The summed E-state index contributed by atoms with van der Waals surface area (Å²) < 4.78 is 0. The molecule has 0 amide bonds. The lowest BCUT2D eigenvalue weighted by atomic mass is 10.9. The second-order valence-corrected chi connectivity index (χ2v) is 1.83. The van der Waals surface area contributed by atoms with Crippen molar-refractivity contribution in [3.05, 3.63) is 17.2 Å². The van der Waals surface area contributed by atoms with Gasteiger partial charge in [0.05, 0.1) is 0 Å². The van der Waals surface area contributed by atoms with E-state index < -0.39 is 0 Å². The van der Waals surface area contributed by atoms with Crippen molar-refractivity contribution in [1.29, 1.82) is 0 Å². The summed E-state index contributed by atoms with van der Waals surface area (Å²) in [6.45, 7) is 0. The molecule has 0 saturated carbocycles. The summed E-state index contributed by atoms with van der Waals surface area (Å²) in [4.78, 5) is 1.44. The van der Waals surface area contributed by atoms with E-state index in [4.69, 9.17) is 0 Å². The average Bonchev–Trinajstić information content (AvgIpc) is 2.12. The van der Waals surface area contributed by atoms with Crippen LogP contribution >= 0.6 is 11.8 Å².